The Bertz CT molecular complexity index is 460. The molecule has 0 fully saturated rings. The van der Waals surface area contributed by atoms with Crippen molar-refractivity contribution in [1.29, 1.82) is 0 Å². The summed E-state index contributed by atoms with van der Waals surface area (Å²) in [5.41, 5.74) is 0.944. The number of nitrogens with one attached hydrogen (secondary N) is 1. The van der Waals surface area contributed by atoms with Gasteiger partial charge in [-0.1, -0.05) is 6.92 Å². The maximum atomic E-state index is 4.35. The number of aromatic nitrogens is 4. The third kappa shape index (κ3) is 2.81. The number of aryl methyl sites for hydroxylation is 1. The zero-order valence-corrected chi connectivity index (χ0v) is 10.2. The molecule has 0 atom stereocenters. The molecule has 0 amide bonds. The Kier molecular flexibility index (Phi) is 3.69. The molecule has 0 saturated heterocycles. The molecule has 0 spiro atoms. The molecule has 0 unspecified atom stereocenters. The van der Waals surface area contributed by atoms with Gasteiger partial charge < -0.3 is 9.88 Å². The number of imidazole rings is 1. The van der Waals surface area contributed by atoms with Gasteiger partial charge in [-0.15, -0.1) is 0 Å². The van der Waals surface area contributed by atoms with Gasteiger partial charge in [0.2, 0.25) is 0 Å². The van der Waals surface area contributed by atoms with E-state index in [0.717, 1.165) is 36.7 Å². The summed E-state index contributed by atoms with van der Waals surface area (Å²) in [6.07, 6.45) is 9.45. The first-order chi connectivity index (χ1) is 8.33. The molecule has 5 nitrogen and oxygen atoms in total. The molecule has 0 aliphatic rings. The normalized spacial score (nSPS) is 10.5. The van der Waals surface area contributed by atoms with Crippen LogP contribution in [0.3, 0.4) is 0 Å². The average molecular weight is 231 g/mol. The van der Waals surface area contributed by atoms with Crippen molar-refractivity contribution in [2.24, 2.45) is 0 Å². The number of rotatable bonds is 5. The van der Waals surface area contributed by atoms with Crippen molar-refractivity contribution in [2.45, 2.75) is 26.3 Å². The first-order valence-corrected chi connectivity index (χ1v) is 5.82. The highest BCUT2D eigenvalue weighted by molar-refractivity contribution is 5.29. The lowest BCUT2D eigenvalue weighted by atomic mass is 10.3. The van der Waals surface area contributed by atoms with Crippen LogP contribution in [0.5, 0.6) is 0 Å². The van der Waals surface area contributed by atoms with Crippen molar-refractivity contribution in [3.8, 4) is 0 Å². The molecule has 0 aromatic carbocycles. The highest BCUT2D eigenvalue weighted by Crippen LogP contribution is 2.06. The van der Waals surface area contributed by atoms with Crippen LogP contribution in [0.25, 0.3) is 0 Å². The second-order valence-electron chi connectivity index (χ2n) is 3.86. The predicted molar refractivity (Wildman–Crippen MR) is 66.9 cm³/mol. The second-order valence-corrected chi connectivity index (χ2v) is 3.86. The van der Waals surface area contributed by atoms with E-state index in [0.29, 0.717) is 0 Å². The summed E-state index contributed by atoms with van der Waals surface area (Å²) >= 11 is 0. The highest BCUT2D eigenvalue weighted by atomic mass is 15.1. The summed E-state index contributed by atoms with van der Waals surface area (Å²) < 4.78 is 2.12. The van der Waals surface area contributed by atoms with Gasteiger partial charge >= 0.3 is 0 Å². The number of anilines is 1. The fraction of sp³-hybridized carbons (Fsp3) is 0.417. The minimum Gasteiger partial charge on any atom is -0.372 e. The Labute approximate surface area is 101 Å². The maximum absolute atomic E-state index is 4.35. The molecule has 0 aliphatic carbocycles. The summed E-state index contributed by atoms with van der Waals surface area (Å²) in [4.78, 5) is 12.9. The summed E-state index contributed by atoms with van der Waals surface area (Å²) in [6.45, 7) is 2.88. The zero-order valence-electron chi connectivity index (χ0n) is 10.2. The largest absolute Gasteiger partial charge is 0.372 e. The topological polar surface area (TPSA) is 55.6 Å². The highest BCUT2D eigenvalue weighted by Gasteiger charge is 2.03. The number of hydrogen-bond donors (Lipinski definition) is 1. The third-order valence-electron chi connectivity index (χ3n) is 2.57. The van der Waals surface area contributed by atoms with Crippen LogP contribution in [0.2, 0.25) is 0 Å². The Hall–Kier alpha value is -1.91. The van der Waals surface area contributed by atoms with Gasteiger partial charge in [0, 0.05) is 25.9 Å². The Morgan fingerprint density at radius 3 is 2.76 bits per heavy atom. The van der Waals surface area contributed by atoms with Gasteiger partial charge in [-0.05, 0) is 6.42 Å². The molecule has 1 N–H and O–H groups in total. The van der Waals surface area contributed by atoms with Crippen LogP contribution in [0.4, 0.5) is 5.82 Å². The molecular weight excluding hydrogens is 214 g/mol. The number of hydrogen-bond acceptors (Lipinski definition) is 4. The van der Waals surface area contributed by atoms with Crippen LogP contribution >= 0.6 is 0 Å². The Balaban J connectivity index is 2.10. The quantitative estimate of drug-likeness (QED) is 0.851. The molecule has 0 saturated carbocycles. The standard InChI is InChI=1S/C12H17N5/c1-3-4-12-14-5-6-17(12)9-10-7-16-11(13-2)8-15-10/h5-8H,3-4,9H2,1-2H3,(H,13,16). The zero-order chi connectivity index (χ0) is 12.1. The molecule has 0 bridgehead atoms. The molecule has 0 radical (unpaired) electrons. The van der Waals surface area contributed by atoms with Gasteiger partial charge in [0.15, 0.2) is 0 Å². The molecule has 2 aromatic rings. The van der Waals surface area contributed by atoms with E-state index in [2.05, 4.69) is 31.8 Å². The first-order valence-electron chi connectivity index (χ1n) is 5.82. The van der Waals surface area contributed by atoms with Gasteiger partial charge in [0.1, 0.15) is 11.6 Å². The van der Waals surface area contributed by atoms with Crippen molar-refractivity contribution >= 4 is 5.82 Å². The molecule has 2 aromatic heterocycles. The van der Waals surface area contributed by atoms with E-state index in [1.54, 1.807) is 12.4 Å². The maximum Gasteiger partial charge on any atom is 0.144 e. The Morgan fingerprint density at radius 1 is 1.24 bits per heavy atom. The second kappa shape index (κ2) is 5.43. The molecule has 5 heteroatoms. The molecule has 17 heavy (non-hydrogen) atoms. The van der Waals surface area contributed by atoms with Crippen LogP contribution in [0, 0.1) is 0 Å². The van der Waals surface area contributed by atoms with E-state index >= 15 is 0 Å². The summed E-state index contributed by atoms with van der Waals surface area (Å²) in [5, 5.41) is 2.95. The average Bonchev–Trinajstić information content (AvgIpc) is 2.78. The van der Waals surface area contributed by atoms with Crippen molar-refractivity contribution in [1.82, 2.24) is 19.5 Å². The van der Waals surface area contributed by atoms with E-state index in [1.165, 1.54) is 0 Å². The SMILES string of the molecule is CCCc1nccn1Cc1cnc(NC)cn1. The van der Waals surface area contributed by atoms with E-state index in [1.807, 2.05) is 19.4 Å². The van der Waals surface area contributed by atoms with Gasteiger partial charge in [0.25, 0.3) is 0 Å². The molecular formula is C12H17N5. The predicted octanol–water partition coefficient (Wildman–Crippen LogP) is 1.72. The monoisotopic (exact) mass is 231 g/mol. The minimum absolute atomic E-state index is 0.728. The van der Waals surface area contributed by atoms with Crippen molar-refractivity contribution < 1.29 is 0 Å². The smallest absolute Gasteiger partial charge is 0.144 e. The van der Waals surface area contributed by atoms with Crippen LogP contribution in [0.15, 0.2) is 24.8 Å². The van der Waals surface area contributed by atoms with Crippen LogP contribution in [0.1, 0.15) is 24.9 Å². The van der Waals surface area contributed by atoms with Crippen molar-refractivity contribution in [2.75, 3.05) is 12.4 Å². The third-order valence-corrected chi connectivity index (χ3v) is 2.57. The van der Waals surface area contributed by atoms with Gasteiger partial charge in [-0.2, -0.15) is 0 Å². The van der Waals surface area contributed by atoms with Crippen molar-refractivity contribution in [3.05, 3.63) is 36.3 Å². The fourth-order valence-corrected chi connectivity index (χ4v) is 1.68. The van der Waals surface area contributed by atoms with E-state index in [9.17, 15) is 0 Å². The summed E-state index contributed by atoms with van der Waals surface area (Å²) in [7, 11) is 1.83. The van der Waals surface area contributed by atoms with E-state index in [-0.39, 0.29) is 0 Å². The Morgan fingerprint density at radius 2 is 2.12 bits per heavy atom. The molecule has 2 heterocycles. The van der Waals surface area contributed by atoms with Crippen LogP contribution < -0.4 is 5.32 Å². The minimum atomic E-state index is 0.728. The van der Waals surface area contributed by atoms with E-state index in [4.69, 9.17) is 0 Å². The lowest BCUT2D eigenvalue weighted by Crippen LogP contribution is -2.06. The van der Waals surface area contributed by atoms with Gasteiger partial charge in [-0.25, -0.2) is 9.97 Å². The molecule has 90 valence electrons. The van der Waals surface area contributed by atoms with Crippen molar-refractivity contribution in [3.63, 3.8) is 0 Å². The van der Waals surface area contributed by atoms with Crippen LogP contribution in [-0.4, -0.2) is 26.6 Å². The summed E-state index contributed by atoms with van der Waals surface area (Å²) in [5.74, 6) is 1.89. The van der Waals surface area contributed by atoms with Gasteiger partial charge in [-0.3, -0.25) is 4.98 Å². The first kappa shape index (κ1) is 11.6. The van der Waals surface area contributed by atoms with Gasteiger partial charge in [0.05, 0.1) is 24.6 Å². The molecule has 2 rings (SSSR count). The molecule has 0 aliphatic heterocycles. The lowest BCUT2D eigenvalue weighted by molar-refractivity contribution is 0.691. The van der Waals surface area contributed by atoms with Crippen LogP contribution in [-0.2, 0) is 13.0 Å². The van der Waals surface area contributed by atoms with E-state index < -0.39 is 0 Å². The lowest BCUT2D eigenvalue weighted by Gasteiger charge is -2.06. The summed E-state index contributed by atoms with van der Waals surface area (Å²) in [6, 6.07) is 0. The number of nitrogens with zero attached hydrogens (tertiary/aromatic N) is 4. The fourth-order valence-electron chi connectivity index (χ4n) is 1.68.